The van der Waals surface area contributed by atoms with E-state index in [1.807, 2.05) is 0 Å². The van der Waals surface area contributed by atoms with Gasteiger partial charge in [0.1, 0.15) is 0 Å². The van der Waals surface area contributed by atoms with Crippen molar-refractivity contribution in [1.29, 1.82) is 0 Å². The number of aliphatic hydroxyl groups is 1. The molecule has 0 unspecified atom stereocenters. The number of hydrogen-bond donors (Lipinski definition) is 3. The molecule has 2 aromatic rings. The monoisotopic (exact) mass is 308 g/mol. The maximum atomic E-state index is 11.6. The number of hydrogen-bond acceptors (Lipinski definition) is 5. The van der Waals surface area contributed by atoms with Gasteiger partial charge in [-0.1, -0.05) is 0 Å². The predicted octanol–water partition coefficient (Wildman–Crippen LogP) is -1.94. The fourth-order valence-corrected chi connectivity index (χ4v) is 2.02. The third-order valence-electron chi connectivity index (χ3n) is 3.19. The van der Waals surface area contributed by atoms with Crippen LogP contribution in [0.25, 0.3) is 0 Å². The van der Waals surface area contributed by atoms with E-state index in [9.17, 15) is 24.3 Å². The van der Waals surface area contributed by atoms with Crippen LogP contribution in [0.3, 0.4) is 0 Å². The SMILES string of the molecule is Cc1cn(CC(O)Cn2cc(C)c(=O)[nH]c2=O)c(=O)[nH]c1=O. The molecule has 0 saturated heterocycles. The fraction of sp³-hybridized carbons (Fsp3) is 0.385. The maximum Gasteiger partial charge on any atom is 0.328 e. The van der Waals surface area contributed by atoms with Crippen molar-refractivity contribution in [2.75, 3.05) is 0 Å². The van der Waals surface area contributed by atoms with E-state index in [0.717, 1.165) is 9.13 Å². The third-order valence-corrected chi connectivity index (χ3v) is 3.19. The van der Waals surface area contributed by atoms with Crippen molar-refractivity contribution in [3.05, 3.63) is 65.2 Å². The minimum absolute atomic E-state index is 0.0962. The average Bonchev–Trinajstić information content (AvgIpc) is 2.42. The second-order valence-corrected chi connectivity index (χ2v) is 5.10. The Balaban J connectivity index is 2.23. The molecule has 22 heavy (non-hydrogen) atoms. The highest BCUT2D eigenvalue weighted by atomic mass is 16.3. The number of rotatable bonds is 4. The molecule has 2 aromatic heterocycles. The molecular formula is C13H16N4O5. The van der Waals surface area contributed by atoms with Gasteiger partial charge in [0.05, 0.1) is 19.2 Å². The van der Waals surface area contributed by atoms with Crippen LogP contribution in [0, 0.1) is 13.8 Å². The largest absolute Gasteiger partial charge is 0.389 e. The molecule has 0 aliphatic rings. The highest BCUT2D eigenvalue weighted by Gasteiger charge is 2.11. The van der Waals surface area contributed by atoms with Crippen molar-refractivity contribution in [2.24, 2.45) is 0 Å². The lowest BCUT2D eigenvalue weighted by atomic mass is 10.3. The van der Waals surface area contributed by atoms with Gasteiger partial charge in [-0.15, -0.1) is 0 Å². The van der Waals surface area contributed by atoms with E-state index >= 15 is 0 Å². The van der Waals surface area contributed by atoms with Crippen LogP contribution < -0.4 is 22.5 Å². The standard InChI is InChI=1S/C13H16N4O5/c1-7-3-16(12(21)14-10(7)19)5-9(18)6-17-4-8(2)11(20)15-13(17)22/h3-4,9,18H,5-6H2,1-2H3,(H,14,19,21)(H,15,20,22). The molecule has 0 aliphatic carbocycles. The molecule has 0 aromatic carbocycles. The summed E-state index contributed by atoms with van der Waals surface area (Å²) in [6.07, 6.45) is 1.63. The highest BCUT2D eigenvalue weighted by Crippen LogP contribution is 1.94. The van der Waals surface area contributed by atoms with Crippen LogP contribution >= 0.6 is 0 Å². The first-order chi connectivity index (χ1) is 10.3. The van der Waals surface area contributed by atoms with Crippen LogP contribution in [0.5, 0.6) is 0 Å². The normalized spacial score (nSPS) is 11.1. The van der Waals surface area contributed by atoms with Crippen LogP contribution in [0.2, 0.25) is 0 Å². The van der Waals surface area contributed by atoms with E-state index in [1.165, 1.54) is 26.2 Å². The van der Waals surface area contributed by atoms with Crippen molar-refractivity contribution in [1.82, 2.24) is 19.1 Å². The summed E-state index contributed by atoms with van der Waals surface area (Å²) in [5.41, 5.74) is -1.57. The molecule has 0 radical (unpaired) electrons. The van der Waals surface area contributed by atoms with Crippen molar-refractivity contribution in [3.63, 3.8) is 0 Å². The average molecular weight is 308 g/mol. The number of aliphatic hydroxyl groups excluding tert-OH is 1. The molecule has 2 heterocycles. The van der Waals surface area contributed by atoms with E-state index in [0.29, 0.717) is 11.1 Å². The summed E-state index contributed by atoms with van der Waals surface area (Å²) in [5.74, 6) is 0. The van der Waals surface area contributed by atoms with Crippen molar-refractivity contribution in [3.8, 4) is 0 Å². The fourth-order valence-electron chi connectivity index (χ4n) is 2.02. The topological polar surface area (TPSA) is 130 Å². The summed E-state index contributed by atoms with van der Waals surface area (Å²) in [6, 6.07) is 0. The molecule has 0 spiro atoms. The van der Waals surface area contributed by atoms with Crippen LogP contribution in [0.15, 0.2) is 31.6 Å². The minimum atomic E-state index is -1.05. The number of H-pyrrole nitrogens is 2. The Morgan fingerprint density at radius 1 is 0.909 bits per heavy atom. The number of aromatic nitrogens is 4. The van der Waals surface area contributed by atoms with E-state index < -0.39 is 28.6 Å². The van der Waals surface area contributed by atoms with E-state index in [4.69, 9.17) is 0 Å². The Morgan fingerprint density at radius 2 is 1.27 bits per heavy atom. The van der Waals surface area contributed by atoms with Gasteiger partial charge in [-0.3, -0.25) is 28.7 Å². The summed E-state index contributed by atoms with van der Waals surface area (Å²) in [7, 11) is 0. The second-order valence-electron chi connectivity index (χ2n) is 5.10. The molecule has 0 fully saturated rings. The number of aryl methyl sites for hydroxylation is 2. The number of nitrogens with one attached hydrogen (secondary N) is 2. The van der Waals surface area contributed by atoms with Gasteiger partial charge in [0.25, 0.3) is 11.1 Å². The summed E-state index contributed by atoms with van der Waals surface area (Å²) < 4.78 is 2.32. The lowest BCUT2D eigenvalue weighted by Gasteiger charge is -2.14. The van der Waals surface area contributed by atoms with Crippen molar-refractivity contribution < 1.29 is 5.11 Å². The van der Waals surface area contributed by atoms with Gasteiger partial charge in [-0.2, -0.15) is 0 Å². The summed E-state index contributed by atoms with van der Waals surface area (Å²) >= 11 is 0. The van der Waals surface area contributed by atoms with Gasteiger partial charge in [0.15, 0.2) is 0 Å². The van der Waals surface area contributed by atoms with Crippen LogP contribution in [0.4, 0.5) is 0 Å². The number of nitrogens with zero attached hydrogens (tertiary/aromatic N) is 2. The molecule has 0 atom stereocenters. The zero-order valence-electron chi connectivity index (χ0n) is 12.1. The minimum Gasteiger partial charge on any atom is -0.389 e. The first kappa shape index (κ1) is 15.7. The predicted molar refractivity (Wildman–Crippen MR) is 78.1 cm³/mol. The molecule has 118 valence electrons. The second kappa shape index (κ2) is 5.98. The van der Waals surface area contributed by atoms with Gasteiger partial charge in [0.2, 0.25) is 0 Å². The number of aromatic amines is 2. The van der Waals surface area contributed by atoms with E-state index in [1.54, 1.807) is 0 Å². The lowest BCUT2D eigenvalue weighted by Crippen LogP contribution is -2.38. The van der Waals surface area contributed by atoms with Crippen molar-refractivity contribution >= 4 is 0 Å². The van der Waals surface area contributed by atoms with Crippen LogP contribution in [0.1, 0.15) is 11.1 Å². The van der Waals surface area contributed by atoms with Gasteiger partial charge in [0, 0.05) is 23.5 Å². The summed E-state index contributed by atoms with van der Waals surface area (Å²) in [5, 5.41) is 10.0. The molecule has 9 nitrogen and oxygen atoms in total. The van der Waals surface area contributed by atoms with Crippen molar-refractivity contribution in [2.45, 2.75) is 33.0 Å². The molecule has 0 aliphatic heterocycles. The molecule has 3 N–H and O–H groups in total. The van der Waals surface area contributed by atoms with Gasteiger partial charge >= 0.3 is 11.4 Å². The Labute approximate surface area is 123 Å². The van der Waals surface area contributed by atoms with E-state index in [-0.39, 0.29) is 13.1 Å². The van der Waals surface area contributed by atoms with Crippen LogP contribution in [-0.4, -0.2) is 30.3 Å². The Bertz CT molecular complexity index is 842. The zero-order chi connectivity index (χ0) is 16.4. The Kier molecular flexibility index (Phi) is 4.27. The molecule has 9 heteroatoms. The Hall–Kier alpha value is -2.68. The van der Waals surface area contributed by atoms with E-state index in [2.05, 4.69) is 9.97 Å². The van der Waals surface area contributed by atoms with Gasteiger partial charge in [-0.05, 0) is 13.8 Å². The molecule has 0 amide bonds. The molecule has 0 bridgehead atoms. The first-order valence-corrected chi connectivity index (χ1v) is 6.56. The molecule has 2 rings (SSSR count). The maximum absolute atomic E-state index is 11.6. The quantitative estimate of drug-likeness (QED) is 0.605. The smallest absolute Gasteiger partial charge is 0.328 e. The third kappa shape index (κ3) is 3.31. The molecular weight excluding hydrogens is 292 g/mol. The van der Waals surface area contributed by atoms with Gasteiger partial charge in [-0.25, -0.2) is 9.59 Å². The highest BCUT2D eigenvalue weighted by molar-refractivity contribution is 5.02. The van der Waals surface area contributed by atoms with Crippen LogP contribution in [-0.2, 0) is 13.1 Å². The Morgan fingerprint density at radius 3 is 1.64 bits per heavy atom. The first-order valence-electron chi connectivity index (χ1n) is 6.56. The van der Waals surface area contributed by atoms with Gasteiger partial charge < -0.3 is 5.11 Å². The summed E-state index contributed by atoms with van der Waals surface area (Å²) in [6.45, 7) is 2.88. The molecule has 0 saturated carbocycles. The zero-order valence-corrected chi connectivity index (χ0v) is 12.1. The lowest BCUT2D eigenvalue weighted by molar-refractivity contribution is 0.130. The summed E-state index contributed by atoms with van der Waals surface area (Å²) in [4.78, 5) is 50.1.